The molecule has 0 saturated carbocycles. The number of non-ortho nitro benzene ring substituents is 1. The summed E-state index contributed by atoms with van der Waals surface area (Å²) in [6, 6.07) is 4.78. The Labute approximate surface area is 111 Å². The van der Waals surface area contributed by atoms with E-state index in [4.69, 9.17) is 5.11 Å². The van der Waals surface area contributed by atoms with Gasteiger partial charge in [0, 0.05) is 30.3 Å². The lowest BCUT2D eigenvalue weighted by atomic mass is 10.1. The monoisotopic (exact) mass is 266 g/mol. The van der Waals surface area contributed by atoms with E-state index in [1.807, 2.05) is 6.92 Å². The van der Waals surface area contributed by atoms with E-state index in [0.29, 0.717) is 6.42 Å². The van der Waals surface area contributed by atoms with E-state index in [-0.39, 0.29) is 18.2 Å². The normalized spacial score (nSPS) is 11.9. The zero-order chi connectivity index (χ0) is 14.4. The molecule has 104 valence electrons. The van der Waals surface area contributed by atoms with Crippen molar-refractivity contribution in [3.63, 3.8) is 0 Å². The molecule has 0 radical (unpaired) electrons. The number of nitro benzene ring substituents is 1. The summed E-state index contributed by atoms with van der Waals surface area (Å²) in [6.07, 6.45) is 1.50. The number of hydrogen-bond donors (Lipinski definition) is 2. The van der Waals surface area contributed by atoms with E-state index in [9.17, 15) is 14.9 Å². The lowest BCUT2D eigenvalue weighted by molar-refractivity contribution is -0.384. The van der Waals surface area contributed by atoms with Crippen molar-refractivity contribution in [3.05, 3.63) is 33.9 Å². The van der Waals surface area contributed by atoms with Crippen LogP contribution < -0.4 is 5.32 Å². The van der Waals surface area contributed by atoms with Crippen molar-refractivity contribution >= 4 is 17.3 Å². The maximum Gasteiger partial charge on any atom is 0.303 e. The number of nitrogens with one attached hydrogen (secondary N) is 1. The number of anilines is 1. The van der Waals surface area contributed by atoms with Crippen LogP contribution in [0.15, 0.2) is 18.2 Å². The number of carboxylic acids is 1. The first-order chi connectivity index (χ1) is 8.90. The summed E-state index contributed by atoms with van der Waals surface area (Å²) >= 11 is 0. The van der Waals surface area contributed by atoms with Crippen LogP contribution in [0.2, 0.25) is 0 Å². The van der Waals surface area contributed by atoms with Crippen molar-refractivity contribution < 1.29 is 14.8 Å². The lowest BCUT2D eigenvalue weighted by Gasteiger charge is -2.16. The Balaban J connectivity index is 2.57. The Morgan fingerprint density at radius 1 is 1.53 bits per heavy atom. The summed E-state index contributed by atoms with van der Waals surface area (Å²) in [5.41, 5.74) is 1.72. The van der Waals surface area contributed by atoms with Gasteiger partial charge in [0.15, 0.2) is 0 Å². The van der Waals surface area contributed by atoms with Gasteiger partial charge in [0.05, 0.1) is 4.92 Å². The summed E-state index contributed by atoms with van der Waals surface area (Å²) in [4.78, 5) is 20.6. The lowest BCUT2D eigenvalue weighted by Crippen LogP contribution is -2.16. The van der Waals surface area contributed by atoms with Gasteiger partial charge in [0.2, 0.25) is 0 Å². The van der Waals surface area contributed by atoms with Gasteiger partial charge >= 0.3 is 5.97 Å². The van der Waals surface area contributed by atoms with Crippen LogP contribution in [-0.2, 0) is 4.79 Å². The topological polar surface area (TPSA) is 92.5 Å². The highest BCUT2D eigenvalue weighted by Crippen LogP contribution is 2.22. The number of aliphatic carboxylic acids is 1. The molecule has 0 fully saturated rings. The molecule has 0 aromatic heterocycles. The molecule has 0 aliphatic rings. The number of carbonyl (C=O) groups is 1. The van der Waals surface area contributed by atoms with Crippen LogP contribution in [0.4, 0.5) is 11.4 Å². The molecular formula is C13H18N2O4. The first-order valence-corrected chi connectivity index (χ1v) is 6.13. The summed E-state index contributed by atoms with van der Waals surface area (Å²) in [5, 5.41) is 22.4. The molecule has 0 spiro atoms. The SMILES string of the molecule is Cc1cc([N+](=O)[O-])ccc1NC(C)CCCC(=O)O. The number of nitrogens with zero attached hydrogens (tertiary/aromatic N) is 1. The van der Waals surface area contributed by atoms with E-state index in [1.54, 1.807) is 13.0 Å². The molecule has 0 bridgehead atoms. The van der Waals surface area contributed by atoms with Gasteiger partial charge in [0.25, 0.3) is 5.69 Å². The van der Waals surface area contributed by atoms with Crippen molar-refractivity contribution in [2.45, 2.75) is 39.2 Å². The molecule has 1 atom stereocenters. The molecule has 0 heterocycles. The zero-order valence-corrected chi connectivity index (χ0v) is 11.0. The fraction of sp³-hybridized carbons (Fsp3) is 0.462. The van der Waals surface area contributed by atoms with E-state index >= 15 is 0 Å². The molecule has 6 heteroatoms. The second-order valence-electron chi connectivity index (χ2n) is 4.59. The van der Waals surface area contributed by atoms with Gasteiger partial charge in [-0.05, 0) is 38.3 Å². The third kappa shape index (κ3) is 4.95. The Morgan fingerprint density at radius 2 is 2.21 bits per heavy atom. The summed E-state index contributed by atoms with van der Waals surface area (Å²) in [5.74, 6) is -0.793. The van der Waals surface area contributed by atoms with E-state index in [2.05, 4.69) is 5.32 Å². The van der Waals surface area contributed by atoms with Crippen LogP contribution >= 0.6 is 0 Å². The number of carboxylic acid groups (broad SMARTS) is 1. The van der Waals surface area contributed by atoms with Gasteiger partial charge < -0.3 is 10.4 Å². The molecule has 1 rings (SSSR count). The third-order valence-corrected chi connectivity index (χ3v) is 2.85. The molecule has 2 N–H and O–H groups in total. The smallest absolute Gasteiger partial charge is 0.303 e. The molecule has 19 heavy (non-hydrogen) atoms. The minimum absolute atomic E-state index is 0.0709. The fourth-order valence-corrected chi connectivity index (χ4v) is 1.82. The quantitative estimate of drug-likeness (QED) is 0.584. The molecule has 0 saturated heterocycles. The molecule has 1 unspecified atom stereocenters. The van der Waals surface area contributed by atoms with Crippen LogP contribution in [0.25, 0.3) is 0 Å². The highest BCUT2D eigenvalue weighted by molar-refractivity contribution is 5.66. The van der Waals surface area contributed by atoms with Crippen LogP contribution in [0, 0.1) is 17.0 Å². The highest BCUT2D eigenvalue weighted by Gasteiger charge is 2.10. The third-order valence-electron chi connectivity index (χ3n) is 2.85. The summed E-state index contributed by atoms with van der Waals surface area (Å²) < 4.78 is 0. The van der Waals surface area contributed by atoms with Crippen molar-refractivity contribution in [3.8, 4) is 0 Å². The Hall–Kier alpha value is -2.11. The number of nitro groups is 1. The number of aryl methyl sites for hydroxylation is 1. The highest BCUT2D eigenvalue weighted by atomic mass is 16.6. The first-order valence-electron chi connectivity index (χ1n) is 6.13. The molecule has 1 aromatic carbocycles. The summed E-state index contributed by atoms with van der Waals surface area (Å²) in [7, 11) is 0. The standard InChI is InChI=1S/C13H18N2O4/c1-9-8-11(15(18)19)6-7-12(9)14-10(2)4-3-5-13(16)17/h6-8,10,14H,3-5H2,1-2H3,(H,16,17). The summed E-state index contributed by atoms with van der Waals surface area (Å²) in [6.45, 7) is 3.77. The fourth-order valence-electron chi connectivity index (χ4n) is 1.82. The average molecular weight is 266 g/mol. The predicted molar refractivity (Wildman–Crippen MR) is 72.4 cm³/mol. The van der Waals surface area contributed by atoms with Crippen molar-refractivity contribution in [1.82, 2.24) is 0 Å². The molecule has 6 nitrogen and oxygen atoms in total. The van der Waals surface area contributed by atoms with Crippen molar-refractivity contribution in [2.75, 3.05) is 5.32 Å². The number of hydrogen-bond acceptors (Lipinski definition) is 4. The Morgan fingerprint density at radius 3 is 2.74 bits per heavy atom. The van der Waals surface area contributed by atoms with Crippen LogP contribution in [0.1, 0.15) is 31.7 Å². The number of rotatable bonds is 7. The average Bonchev–Trinajstić information content (AvgIpc) is 2.31. The van der Waals surface area contributed by atoms with E-state index in [0.717, 1.165) is 17.7 Å². The van der Waals surface area contributed by atoms with Gasteiger partial charge in [-0.1, -0.05) is 0 Å². The predicted octanol–water partition coefficient (Wildman–Crippen LogP) is 2.96. The molecule has 1 aromatic rings. The van der Waals surface area contributed by atoms with Crippen LogP contribution in [0.5, 0.6) is 0 Å². The van der Waals surface area contributed by atoms with E-state index < -0.39 is 10.9 Å². The van der Waals surface area contributed by atoms with Gasteiger partial charge in [-0.15, -0.1) is 0 Å². The van der Waals surface area contributed by atoms with Gasteiger partial charge in [-0.3, -0.25) is 14.9 Å². The second-order valence-corrected chi connectivity index (χ2v) is 4.59. The van der Waals surface area contributed by atoms with Gasteiger partial charge in [-0.2, -0.15) is 0 Å². The molecule has 0 aliphatic heterocycles. The van der Waals surface area contributed by atoms with Crippen molar-refractivity contribution in [1.29, 1.82) is 0 Å². The van der Waals surface area contributed by atoms with Gasteiger partial charge in [-0.25, -0.2) is 0 Å². The first kappa shape index (κ1) is 14.9. The molecule has 0 aliphatic carbocycles. The molecule has 0 amide bonds. The van der Waals surface area contributed by atoms with Crippen LogP contribution in [-0.4, -0.2) is 22.0 Å². The second kappa shape index (κ2) is 6.72. The molecular weight excluding hydrogens is 248 g/mol. The minimum Gasteiger partial charge on any atom is -0.481 e. The maximum atomic E-state index is 10.6. The van der Waals surface area contributed by atoms with Crippen LogP contribution in [0.3, 0.4) is 0 Å². The number of benzene rings is 1. The Kier molecular flexibility index (Phi) is 5.29. The minimum atomic E-state index is -0.793. The van der Waals surface area contributed by atoms with Gasteiger partial charge in [0.1, 0.15) is 0 Å². The van der Waals surface area contributed by atoms with Crippen molar-refractivity contribution in [2.24, 2.45) is 0 Å². The largest absolute Gasteiger partial charge is 0.481 e. The van der Waals surface area contributed by atoms with E-state index in [1.165, 1.54) is 12.1 Å². The zero-order valence-electron chi connectivity index (χ0n) is 11.0. The maximum absolute atomic E-state index is 10.6. The Bertz CT molecular complexity index is 474.